The first-order chi connectivity index (χ1) is 43.2. The number of fused-ring (bicyclic) bond motifs is 4. The number of allylic oxidation sites excluding steroid dienone is 2. The topological polar surface area (TPSA) is 471 Å². The standard InChI is InChI=1S/C62H100N2O28/c1-24(2)16-28(70)17-25(3)30-18-31(71)39-29-10-11-37-59(6,7)38(12-13-61(37,9)62(29,82)15-14-60(30,39)8)90-58-52(46(76)36(23-84-58)89-54-40(63-26(4)68)47(77)42(72)32(19-65)85-54)91-55-41(64-27(5)69)48(78)45(75)35(88-55)22-83-57-53(50(80)44(74)34(21-67)87-57)92-56-51(81)49(79)43(73)33(20-66)86-56/h16,25,30-38,40-58,65-67,71-82H,10-15,17-23H2,1-9H3,(H,63,68)(H,64,69)/t25-,30-,31-,32-,33-,34-,35-,36-,37+,38+,40-,41-,42+,43-,44-,45-,46+,47-,48-,49+,50+,51-,52-,53-,54+,55+,56+,57-,58+,60-,61+,62-/m1/s1. The van der Waals surface area contributed by atoms with Crippen LogP contribution in [0, 0.1) is 34.0 Å². The van der Waals surface area contributed by atoms with Crippen molar-refractivity contribution in [3.8, 4) is 0 Å². The van der Waals surface area contributed by atoms with Crippen molar-refractivity contribution in [1.82, 2.24) is 10.6 Å². The average Bonchev–Trinajstić information content (AvgIpc) is 0.905. The molecule has 5 saturated heterocycles. The zero-order valence-corrected chi connectivity index (χ0v) is 53.5. The molecule has 32 atom stereocenters. The van der Waals surface area contributed by atoms with E-state index in [1.54, 1.807) is 6.08 Å². The van der Waals surface area contributed by atoms with Crippen LogP contribution in [0.2, 0.25) is 0 Å². The molecule has 30 nitrogen and oxygen atoms in total. The van der Waals surface area contributed by atoms with Crippen LogP contribution in [0.15, 0.2) is 22.8 Å². The summed E-state index contributed by atoms with van der Waals surface area (Å²) < 4.78 is 61.6. The van der Waals surface area contributed by atoms with E-state index in [4.69, 9.17) is 47.4 Å². The van der Waals surface area contributed by atoms with Gasteiger partial charge in [0, 0.05) is 25.7 Å². The minimum atomic E-state index is -2.01. The number of ketones is 1. The Bertz CT molecular complexity index is 2630. The van der Waals surface area contributed by atoms with Crippen LogP contribution in [0.25, 0.3) is 0 Å². The molecule has 3 saturated carbocycles. The number of aliphatic hydroxyl groups is 15. The fourth-order valence-corrected chi connectivity index (χ4v) is 16.9. The highest BCUT2D eigenvalue weighted by molar-refractivity contribution is 5.90. The number of carbonyl (C=O) groups excluding carboxylic acids is 3. The van der Waals surface area contributed by atoms with Crippen LogP contribution in [-0.2, 0) is 61.8 Å². The van der Waals surface area contributed by atoms with Crippen LogP contribution in [-0.4, -0.2) is 292 Å². The summed E-state index contributed by atoms with van der Waals surface area (Å²) in [6.45, 7) is 12.4. The summed E-state index contributed by atoms with van der Waals surface area (Å²) in [5.41, 5.74) is -0.732. The van der Waals surface area contributed by atoms with E-state index in [1.165, 1.54) is 0 Å². The molecule has 526 valence electrons. The van der Waals surface area contributed by atoms with Crippen LogP contribution in [0.1, 0.15) is 114 Å². The molecule has 8 fully saturated rings. The first-order valence-corrected chi connectivity index (χ1v) is 32.1. The van der Waals surface area contributed by atoms with Gasteiger partial charge in [-0.25, -0.2) is 0 Å². The third-order valence-corrected chi connectivity index (χ3v) is 21.8. The summed E-state index contributed by atoms with van der Waals surface area (Å²) >= 11 is 0. The fraction of sp³-hybridized carbons (Fsp3) is 0.887. The molecule has 17 N–H and O–H groups in total. The van der Waals surface area contributed by atoms with Gasteiger partial charge in [0.25, 0.3) is 0 Å². The Hall–Kier alpha value is -2.91. The molecule has 5 heterocycles. The second-order valence-electron chi connectivity index (χ2n) is 28.4. The maximum Gasteiger partial charge on any atom is 0.217 e. The Balaban J connectivity index is 1.000. The van der Waals surface area contributed by atoms with Gasteiger partial charge in [0.2, 0.25) is 11.8 Å². The van der Waals surface area contributed by atoms with Crippen LogP contribution >= 0.6 is 0 Å². The Kier molecular flexibility index (Phi) is 23.0. The SMILES string of the molecule is CC(=O)N[C@H]1[C@H](O[C@@H]2CO[C@@H](O[C@H]3CC[C@@]4(C)[C@@H](CCC5=C6[C@H](O)C[C@H]([C@H](C)CC(=O)C=C(C)C)[C@@]6(C)CC[C@@]54O)C3(C)C)[C@H](O[C@@H]3O[C@H](CO[C@@H]4O[C@H](CO)[C@@H](O)[C@H](O)[C@H]4O[C@@H]4O[C@H](CO)[C@@H](O)[C@H](O)[C@H]4O)[C@@H](O)[C@H](O)[C@H]3NC(C)=O)[C@H]2O)O[C@H](CO)[C@H](O)[C@@H]1O. The van der Waals surface area contributed by atoms with E-state index in [0.29, 0.717) is 51.4 Å². The number of hydrogen-bond donors (Lipinski definition) is 17. The normalized spacial score (nSPS) is 48.1. The van der Waals surface area contributed by atoms with Crippen molar-refractivity contribution in [1.29, 1.82) is 0 Å². The Morgan fingerprint density at radius 2 is 1.12 bits per heavy atom. The molecule has 0 spiro atoms. The van der Waals surface area contributed by atoms with E-state index < -0.39 is 226 Å². The monoisotopic (exact) mass is 1320 g/mol. The Morgan fingerprint density at radius 1 is 0.598 bits per heavy atom. The van der Waals surface area contributed by atoms with Crippen molar-refractivity contribution >= 4 is 17.6 Å². The van der Waals surface area contributed by atoms with Crippen LogP contribution in [0.5, 0.6) is 0 Å². The highest BCUT2D eigenvalue weighted by atomic mass is 16.8. The summed E-state index contributed by atoms with van der Waals surface area (Å²) in [5.74, 6) is -1.67. The van der Waals surface area contributed by atoms with Gasteiger partial charge in [-0.1, -0.05) is 40.2 Å². The lowest BCUT2D eigenvalue weighted by molar-refractivity contribution is -0.380. The van der Waals surface area contributed by atoms with Gasteiger partial charge in [-0.2, -0.15) is 0 Å². The minimum absolute atomic E-state index is 0.00626. The number of rotatable bonds is 20. The average molecular weight is 1320 g/mol. The van der Waals surface area contributed by atoms with Gasteiger partial charge in [0.05, 0.1) is 50.8 Å². The van der Waals surface area contributed by atoms with Crippen molar-refractivity contribution in [2.45, 2.75) is 279 Å². The second kappa shape index (κ2) is 28.9. The summed E-state index contributed by atoms with van der Waals surface area (Å²) in [7, 11) is 0. The number of ether oxygens (including phenoxy) is 10. The number of amides is 2. The van der Waals surface area contributed by atoms with Crippen LogP contribution in [0.3, 0.4) is 0 Å². The molecule has 9 rings (SSSR count). The summed E-state index contributed by atoms with van der Waals surface area (Å²) in [6, 6.07) is -3.15. The Labute approximate surface area is 533 Å². The lowest BCUT2D eigenvalue weighted by Gasteiger charge is -2.65. The lowest BCUT2D eigenvalue weighted by atomic mass is 9.42. The molecular formula is C62H100N2O28. The van der Waals surface area contributed by atoms with Gasteiger partial charge >= 0.3 is 0 Å². The molecule has 30 heteroatoms. The fourth-order valence-electron chi connectivity index (χ4n) is 16.9. The van der Waals surface area contributed by atoms with E-state index in [0.717, 1.165) is 30.6 Å². The van der Waals surface area contributed by atoms with E-state index in [-0.39, 0.29) is 23.5 Å². The van der Waals surface area contributed by atoms with E-state index in [9.17, 15) is 91.0 Å². The molecule has 0 aromatic heterocycles. The minimum Gasteiger partial charge on any atom is -0.394 e. The zero-order chi connectivity index (χ0) is 67.6. The molecule has 9 aliphatic rings. The van der Waals surface area contributed by atoms with Gasteiger partial charge in [-0.15, -0.1) is 0 Å². The highest BCUT2D eigenvalue weighted by Gasteiger charge is 2.68. The Morgan fingerprint density at radius 3 is 1.71 bits per heavy atom. The zero-order valence-electron chi connectivity index (χ0n) is 53.5. The third kappa shape index (κ3) is 13.8. The third-order valence-electron chi connectivity index (χ3n) is 21.8. The van der Waals surface area contributed by atoms with Gasteiger partial charge in [-0.05, 0) is 105 Å². The maximum absolute atomic E-state index is 13.4. The molecule has 0 radical (unpaired) electrons. The highest BCUT2D eigenvalue weighted by Crippen LogP contribution is 2.70. The van der Waals surface area contributed by atoms with Gasteiger partial charge in [0.1, 0.15) is 116 Å². The predicted octanol–water partition coefficient (Wildman–Crippen LogP) is -4.60. The molecule has 2 amide bonds. The van der Waals surface area contributed by atoms with Crippen molar-refractivity contribution in [3.63, 3.8) is 0 Å². The number of aliphatic hydroxyl groups excluding tert-OH is 14. The van der Waals surface area contributed by atoms with Gasteiger partial charge in [-0.3, -0.25) is 14.4 Å². The summed E-state index contributed by atoms with van der Waals surface area (Å²) in [6.07, 6.45) is -35.5. The van der Waals surface area contributed by atoms with E-state index in [1.807, 2.05) is 27.7 Å². The predicted molar refractivity (Wildman–Crippen MR) is 312 cm³/mol. The molecule has 0 unspecified atom stereocenters. The lowest BCUT2D eigenvalue weighted by Crippen LogP contribution is -2.69. The molecule has 5 aliphatic heterocycles. The number of nitrogens with one attached hydrogen (secondary N) is 2. The smallest absolute Gasteiger partial charge is 0.217 e. The quantitative estimate of drug-likeness (QED) is 0.0310. The summed E-state index contributed by atoms with van der Waals surface area (Å²) in [4.78, 5) is 38.5. The number of carbonyl (C=O) groups is 3. The van der Waals surface area contributed by atoms with Gasteiger partial charge in [0.15, 0.2) is 37.2 Å². The van der Waals surface area contributed by atoms with Crippen LogP contribution < -0.4 is 10.6 Å². The van der Waals surface area contributed by atoms with Crippen LogP contribution in [0.4, 0.5) is 0 Å². The first kappa shape index (κ1) is 73.3. The molecule has 4 aliphatic carbocycles. The number of hydrogen-bond acceptors (Lipinski definition) is 28. The van der Waals surface area contributed by atoms with Crippen molar-refractivity contribution in [2.24, 2.45) is 34.0 Å². The van der Waals surface area contributed by atoms with Crippen molar-refractivity contribution in [3.05, 3.63) is 22.8 Å². The molecular weight excluding hydrogens is 1220 g/mol. The second-order valence-corrected chi connectivity index (χ2v) is 28.4. The van der Waals surface area contributed by atoms with Gasteiger partial charge < -0.3 is 135 Å². The van der Waals surface area contributed by atoms with E-state index in [2.05, 4.69) is 31.4 Å². The maximum atomic E-state index is 13.4. The van der Waals surface area contributed by atoms with Crippen molar-refractivity contribution in [2.75, 3.05) is 33.0 Å². The van der Waals surface area contributed by atoms with Crippen molar-refractivity contribution < 1.29 is 138 Å². The molecule has 0 bridgehead atoms. The first-order valence-electron chi connectivity index (χ1n) is 32.1. The molecule has 92 heavy (non-hydrogen) atoms. The summed E-state index contributed by atoms with van der Waals surface area (Å²) in [5, 5.41) is 173. The largest absolute Gasteiger partial charge is 0.394 e. The molecule has 0 aromatic carbocycles. The molecule has 0 aromatic rings. The van der Waals surface area contributed by atoms with E-state index >= 15 is 0 Å².